The van der Waals surface area contributed by atoms with E-state index in [-0.39, 0.29) is 4.71 Å². The molecule has 0 aromatic heterocycles. The Morgan fingerprint density at radius 1 is 1.38 bits per heavy atom. The summed E-state index contributed by atoms with van der Waals surface area (Å²) in [5.74, 6) is -0.684. The Balaban J connectivity index is 2.39. The molecule has 0 spiro atoms. The molecule has 3 heteroatoms. The second kappa shape index (κ2) is 5.08. The van der Waals surface area contributed by atoms with E-state index in [1.807, 2.05) is 30.3 Å². The number of hydrogen-bond donors (Lipinski definition) is 1. The third-order valence-corrected chi connectivity index (χ3v) is 3.20. The molecule has 0 aliphatic carbocycles. The van der Waals surface area contributed by atoms with Gasteiger partial charge in [0.05, 0.1) is 0 Å². The molecular formula is C10H13AsO2. The maximum absolute atomic E-state index is 10.5. The molecule has 1 rings (SSSR count). The molecule has 1 aromatic rings. The zero-order chi connectivity index (χ0) is 9.68. The number of carboxylic acids is 1. The van der Waals surface area contributed by atoms with Crippen LogP contribution < -0.4 is 0 Å². The number of benzene rings is 1. The molecule has 70 valence electrons. The van der Waals surface area contributed by atoms with Crippen LogP contribution in [-0.4, -0.2) is 27.9 Å². The van der Waals surface area contributed by atoms with Gasteiger partial charge >= 0.3 is 86.2 Å². The summed E-state index contributed by atoms with van der Waals surface area (Å²) < 4.78 is -0.187. The molecule has 0 aliphatic rings. The van der Waals surface area contributed by atoms with Crippen molar-refractivity contribution in [2.24, 2.45) is 0 Å². The van der Waals surface area contributed by atoms with E-state index in [9.17, 15) is 4.79 Å². The Hall–Kier alpha value is -0.752. The minimum absolute atomic E-state index is 0.187. The number of hydrogen-bond acceptors (Lipinski definition) is 1. The summed E-state index contributed by atoms with van der Waals surface area (Å²) in [6.07, 6.45) is 1.59. The molecule has 0 amide bonds. The fraction of sp³-hybridized carbons (Fsp3) is 0.300. The second-order valence-electron chi connectivity index (χ2n) is 2.97. The summed E-state index contributed by atoms with van der Waals surface area (Å²) in [5, 5.41) is 8.68. The van der Waals surface area contributed by atoms with Crippen molar-refractivity contribution in [1.29, 1.82) is 0 Å². The van der Waals surface area contributed by atoms with Crippen molar-refractivity contribution in [2.45, 2.75) is 17.5 Å². The van der Waals surface area contributed by atoms with Crippen LogP contribution >= 0.6 is 0 Å². The fourth-order valence-electron chi connectivity index (χ4n) is 1.09. The summed E-state index contributed by atoms with van der Waals surface area (Å²) >= 11 is 1.29. The van der Waals surface area contributed by atoms with Crippen LogP contribution in [0.1, 0.15) is 12.0 Å². The van der Waals surface area contributed by atoms with E-state index in [0.717, 1.165) is 12.8 Å². The topological polar surface area (TPSA) is 37.3 Å². The second-order valence-corrected chi connectivity index (χ2v) is 4.66. The van der Waals surface area contributed by atoms with E-state index in [4.69, 9.17) is 5.11 Å². The van der Waals surface area contributed by atoms with Crippen molar-refractivity contribution in [3.05, 3.63) is 35.9 Å². The molecule has 2 atom stereocenters. The first kappa shape index (κ1) is 10.3. The molecule has 0 fully saturated rings. The van der Waals surface area contributed by atoms with Crippen molar-refractivity contribution >= 4 is 22.8 Å². The first-order valence-corrected chi connectivity index (χ1v) is 5.62. The van der Waals surface area contributed by atoms with Gasteiger partial charge in [0.2, 0.25) is 0 Å². The van der Waals surface area contributed by atoms with Gasteiger partial charge in [0.1, 0.15) is 0 Å². The number of carboxylic acid groups (broad SMARTS) is 1. The van der Waals surface area contributed by atoms with Crippen molar-refractivity contribution in [2.75, 3.05) is 0 Å². The molecule has 13 heavy (non-hydrogen) atoms. The Morgan fingerprint density at radius 2 is 2.00 bits per heavy atom. The number of rotatable bonds is 4. The standard InChI is InChI=1S/C10H13AsO2/c11-9(10(12)13)7-6-8-4-2-1-3-5-8/h1-5,9H,6-7,11H2,(H,12,13)/t9-/m0/s1. The zero-order valence-electron chi connectivity index (χ0n) is 7.31. The Labute approximate surface area is 86.5 Å². The molecule has 1 N–H and O–H groups in total. The van der Waals surface area contributed by atoms with E-state index in [1.165, 1.54) is 22.4 Å². The van der Waals surface area contributed by atoms with Crippen LogP contribution in [0, 0.1) is 0 Å². The molecule has 0 saturated heterocycles. The molecule has 0 radical (unpaired) electrons. The van der Waals surface area contributed by atoms with Gasteiger partial charge in [-0.15, -0.1) is 0 Å². The van der Waals surface area contributed by atoms with E-state index in [1.54, 1.807) is 0 Å². The molecule has 1 unspecified atom stereocenters. The Bertz CT molecular complexity index is 272. The van der Waals surface area contributed by atoms with Gasteiger partial charge in [0, 0.05) is 0 Å². The van der Waals surface area contributed by atoms with E-state index in [0.29, 0.717) is 0 Å². The number of aryl methyl sites for hydroxylation is 1. The molecule has 0 saturated carbocycles. The third-order valence-electron chi connectivity index (χ3n) is 1.90. The summed E-state index contributed by atoms with van der Waals surface area (Å²) in [5.41, 5.74) is 1.21. The van der Waals surface area contributed by atoms with Crippen LogP contribution in [0.3, 0.4) is 0 Å². The SMILES string of the molecule is O=C(O)[C@@H]([AsH2])CCc1ccccc1. The van der Waals surface area contributed by atoms with Crippen LogP contribution in [0.4, 0.5) is 0 Å². The predicted molar refractivity (Wildman–Crippen MR) is 54.7 cm³/mol. The third kappa shape index (κ3) is 3.64. The summed E-state index contributed by atoms with van der Waals surface area (Å²) in [7, 11) is 0. The van der Waals surface area contributed by atoms with Crippen LogP contribution in [0.15, 0.2) is 30.3 Å². The van der Waals surface area contributed by atoms with Gasteiger partial charge in [-0.1, -0.05) is 0 Å². The molecule has 0 aliphatic heterocycles. The van der Waals surface area contributed by atoms with Gasteiger partial charge in [0.15, 0.2) is 0 Å². The van der Waals surface area contributed by atoms with E-state index < -0.39 is 5.97 Å². The van der Waals surface area contributed by atoms with Gasteiger partial charge in [-0.25, -0.2) is 0 Å². The molecule has 0 heterocycles. The Morgan fingerprint density at radius 3 is 2.54 bits per heavy atom. The quantitative estimate of drug-likeness (QED) is 0.801. The summed E-state index contributed by atoms with van der Waals surface area (Å²) in [4.78, 5) is 10.5. The van der Waals surface area contributed by atoms with Gasteiger partial charge in [-0.3, -0.25) is 0 Å². The van der Waals surface area contributed by atoms with Crippen molar-refractivity contribution in [3.8, 4) is 0 Å². The first-order chi connectivity index (χ1) is 6.20. The number of carbonyl (C=O) groups is 1. The fourth-order valence-corrected chi connectivity index (χ4v) is 1.44. The Kier molecular flexibility index (Phi) is 4.04. The normalized spacial score (nSPS) is 12.4. The van der Waals surface area contributed by atoms with Gasteiger partial charge in [-0.2, -0.15) is 0 Å². The van der Waals surface area contributed by atoms with Crippen molar-refractivity contribution < 1.29 is 9.90 Å². The monoisotopic (exact) mass is 240 g/mol. The predicted octanol–water partition coefficient (Wildman–Crippen LogP) is 1.13. The molecule has 1 aromatic carbocycles. The van der Waals surface area contributed by atoms with Crippen LogP contribution in [0.5, 0.6) is 0 Å². The van der Waals surface area contributed by atoms with Crippen LogP contribution in [-0.2, 0) is 11.2 Å². The minimum atomic E-state index is -0.684. The average molecular weight is 240 g/mol. The van der Waals surface area contributed by atoms with Gasteiger partial charge in [0.25, 0.3) is 0 Å². The van der Waals surface area contributed by atoms with Gasteiger partial charge < -0.3 is 0 Å². The maximum atomic E-state index is 10.5. The number of aliphatic carboxylic acids is 1. The van der Waals surface area contributed by atoms with Crippen molar-refractivity contribution in [3.63, 3.8) is 0 Å². The molecule has 0 bridgehead atoms. The van der Waals surface area contributed by atoms with Crippen LogP contribution in [0.25, 0.3) is 0 Å². The van der Waals surface area contributed by atoms with E-state index in [2.05, 4.69) is 0 Å². The molecular weight excluding hydrogens is 227 g/mol. The van der Waals surface area contributed by atoms with Crippen molar-refractivity contribution in [1.82, 2.24) is 0 Å². The first-order valence-electron chi connectivity index (χ1n) is 4.22. The van der Waals surface area contributed by atoms with Gasteiger partial charge in [-0.05, 0) is 0 Å². The molecule has 2 nitrogen and oxygen atoms in total. The zero-order valence-corrected chi connectivity index (χ0v) is 9.73. The summed E-state index contributed by atoms with van der Waals surface area (Å²) in [6.45, 7) is 0. The van der Waals surface area contributed by atoms with E-state index >= 15 is 0 Å². The van der Waals surface area contributed by atoms with Crippen LogP contribution in [0.2, 0.25) is 4.71 Å². The summed E-state index contributed by atoms with van der Waals surface area (Å²) in [6, 6.07) is 9.98. The average Bonchev–Trinajstić information content (AvgIpc) is 2.15.